The van der Waals surface area contributed by atoms with E-state index in [-0.39, 0.29) is 27.0 Å². The molecule has 0 bridgehead atoms. The van der Waals surface area contributed by atoms with Crippen molar-refractivity contribution in [1.82, 2.24) is 5.32 Å². The van der Waals surface area contributed by atoms with Crippen molar-refractivity contribution >= 4 is 57.1 Å². The van der Waals surface area contributed by atoms with E-state index < -0.39 is 33.7 Å². The molecule has 2 aromatic carbocycles. The normalized spacial score (nSPS) is 20.3. The van der Waals surface area contributed by atoms with E-state index in [1.165, 1.54) is 43.3 Å². The largest absolute Gasteiger partial charge is 0.329 e. The summed E-state index contributed by atoms with van der Waals surface area (Å²) in [5.74, 6) is -0.566. The Labute approximate surface area is 171 Å². The zero-order valence-corrected chi connectivity index (χ0v) is 16.6. The smallest absolute Gasteiger partial charge is 0.323 e. The Hall–Kier alpha value is -2.03. The number of rotatable bonds is 4. The van der Waals surface area contributed by atoms with Crippen molar-refractivity contribution in [3.05, 3.63) is 58.1 Å². The maximum atomic E-state index is 13.6. The molecule has 10 heteroatoms. The van der Waals surface area contributed by atoms with Crippen LogP contribution in [0.5, 0.6) is 0 Å². The number of imide groups is 1. The van der Waals surface area contributed by atoms with Gasteiger partial charge in [-0.1, -0.05) is 35.3 Å². The maximum Gasteiger partial charge on any atom is 0.329 e. The molecule has 148 valence electrons. The van der Waals surface area contributed by atoms with Gasteiger partial charge in [-0.15, -0.1) is 0 Å². The van der Waals surface area contributed by atoms with Gasteiger partial charge in [0.2, 0.25) is 0 Å². The lowest BCUT2D eigenvalue weighted by atomic mass is 9.93. The van der Waals surface area contributed by atoms with E-state index in [4.69, 9.17) is 23.2 Å². The lowest BCUT2D eigenvalue weighted by Crippen LogP contribution is -2.46. The van der Waals surface area contributed by atoms with Crippen LogP contribution in [0.3, 0.4) is 0 Å². The quantitative estimate of drug-likeness (QED) is 0.376. The first-order chi connectivity index (χ1) is 13.1. The van der Waals surface area contributed by atoms with Gasteiger partial charge in [0.15, 0.2) is 0 Å². The monoisotopic (exact) mass is 448 g/mol. The number of amides is 3. The van der Waals surface area contributed by atoms with Crippen LogP contribution in [-0.2, 0) is 11.2 Å². The molecule has 2 unspecified atom stereocenters. The van der Waals surface area contributed by atoms with E-state index in [1.807, 2.05) is 0 Å². The summed E-state index contributed by atoms with van der Waals surface area (Å²) in [5, 5.41) is 0.779. The van der Waals surface area contributed by atoms with Crippen molar-refractivity contribution in [1.29, 1.82) is 0 Å². The molecule has 28 heavy (non-hydrogen) atoms. The molecule has 2 atom stereocenters. The molecule has 0 aromatic heterocycles. The highest BCUT2D eigenvalue weighted by atomic mass is 35.5. The first-order valence-corrected chi connectivity index (χ1v) is 9.79. The number of benzene rings is 2. The summed E-state index contributed by atoms with van der Waals surface area (Å²) < 4.78 is 38.7. The van der Waals surface area contributed by atoms with Crippen molar-refractivity contribution < 1.29 is 22.3 Å². The van der Waals surface area contributed by atoms with Gasteiger partial charge in [-0.3, -0.25) is 4.79 Å². The molecule has 0 radical (unpaired) electrons. The van der Waals surface area contributed by atoms with E-state index in [2.05, 4.69) is 5.32 Å². The molecule has 1 aliphatic rings. The third-order valence-corrected chi connectivity index (χ3v) is 5.54. The van der Waals surface area contributed by atoms with Crippen molar-refractivity contribution in [2.75, 3.05) is 4.90 Å². The van der Waals surface area contributed by atoms with Crippen LogP contribution in [0.15, 0.2) is 47.4 Å². The van der Waals surface area contributed by atoms with Gasteiger partial charge in [-0.05, 0) is 42.8 Å². The summed E-state index contributed by atoms with van der Waals surface area (Å²) >= 11 is 11.9. The first-order valence-electron chi connectivity index (χ1n) is 7.91. The van der Waals surface area contributed by atoms with Gasteiger partial charge in [0.25, 0.3) is 5.91 Å². The highest BCUT2D eigenvalue weighted by Gasteiger charge is 2.48. The number of hydrogen-bond donors (Lipinski definition) is 1. The molecule has 4 nitrogen and oxygen atoms in total. The zero-order chi connectivity index (χ0) is 20.6. The van der Waals surface area contributed by atoms with Crippen LogP contribution in [0.4, 0.5) is 23.1 Å². The molecule has 0 saturated carbocycles. The molecule has 3 rings (SSSR count). The van der Waals surface area contributed by atoms with Crippen molar-refractivity contribution in [2.45, 2.75) is 23.8 Å². The molecule has 3 amide bonds. The number of urea groups is 1. The van der Waals surface area contributed by atoms with E-state index >= 15 is 0 Å². The molecule has 1 N–H and O–H groups in total. The van der Waals surface area contributed by atoms with Crippen LogP contribution in [0.2, 0.25) is 10.0 Å². The predicted octanol–water partition coefficient (Wildman–Crippen LogP) is 5.59. The van der Waals surface area contributed by atoms with Crippen LogP contribution in [-0.4, -0.2) is 22.8 Å². The Morgan fingerprint density at radius 1 is 1.14 bits per heavy atom. The third kappa shape index (κ3) is 4.04. The minimum Gasteiger partial charge on any atom is -0.323 e. The van der Waals surface area contributed by atoms with Gasteiger partial charge in [0, 0.05) is 21.4 Å². The van der Waals surface area contributed by atoms with E-state index in [1.54, 1.807) is 6.07 Å². The number of anilines is 1. The van der Waals surface area contributed by atoms with Gasteiger partial charge in [0.05, 0.1) is 16.6 Å². The van der Waals surface area contributed by atoms with E-state index in [0.717, 1.165) is 4.90 Å². The highest BCUT2D eigenvalue weighted by molar-refractivity contribution is 8.11. The second-order valence-electron chi connectivity index (χ2n) is 6.34. The standard InChI is InChI=1S/C18H13Cl2F3N2O2S/c1-18(9-10-3-2-4-14(5-10)28(23)16(21)22)15(26)25(17(27)24-18)13-7-11(19)6-12(20)8-13/h2-8H,9H2,1H3,(H,24,27). The fraction of sp³-hybridized carbons (Fsp3) is 0.167. The summed E-state index contributed by atoms with van der Waals surface area (Å²) in [6, 6.07) is 9.13. The van der Waals surface area contributed by atoms with Gasteiger partial charge in [-0.25, -0.2) is 9.69 Å². The number of nitrogens with one attached hydrogen (secondary N) is 1. The summed E-state index contributed by atoms with van der Waals surface area (Å²) in [6.45, 7) is 1.50. The lowest BCUT2D eigenvalue weighted by Gasteiger charge is -2.22. The molecule has 1 fully saturated rings. The maximum absolute atomic E-state index is 13.6. The number of carbonyl (C=O) groups excluding carboxylic acids is 2. The Morgan fingerprint density at radius 2 is 1.79 bits per heavy atom. The Balaban J connectivity index is 1.91. The van der Waals surface area contributed by atoms with Crippen LogP contribution in [0.25, 0.3) is 0 Å². The zero-order valence-electron chi connectivity index (χ0n) is 14.3. The Morgan fingerprint density at radius 3 is 2.39 bits per heavy atom. The van der Waals surface area contributed by atoms with Crippen LogP contribution < -0.4 is 10.2 Å². The molecule has 1 saturated heterocycles. The average Bonchev–Trinajstić information content (AvgIpc) is 2.82. The van der Waals surface area contributed by atoms with Crippen LogP contribution in [0.1, 0.15) is 12.5 Å². The second-order valence-corrected chi connectivity index (χ2v) is 8.50. The summed E-state index contributed by atoms with van der Waals surface area (Å²) in [6.07, 6.45) is -0.0126. The number of nitrogens with zero attached hydrogens (tertiary/aromatic N) is 1. The Kier molecular flexibility index (Phi) is 5.74. The van der Waals surface area contributed by atoms with Crippen molar-refractivity contribution in [3.63, 3.8) is 0 Å². The molecule has 0 aliphatic carbocycles. The topological polar surface area (TPSA) is 49.4 Å². The number of hydrogen-bond acceptors (Lipinski definition) is 2. The van der Waals surface area contributed by atoms with Gasteiger partial charge in [-0.2, -0.15) is 12.7 Å². The second kappa shape index (κ2) is 7.77. The van der Waals surface area contributed by atoms with Gasteiger partial charge >= 0.3 is 11.4 Å². The average molecular weight is 449 g/mol. The fourth-order valence-corrected chi connectivity index (χ4v) is 4.12. The summed E-state index contributed by atoms with van der Waals surface area (Å²) in [7, 11) is -2.80. The molecule has 1 aliphatic heterocycles. The molecule has 2 aromatic rings. The molecular weight excluding hydrogens is 436 g/mol. The lowest BCUT2D eigenvalue weighted by molar-refractivity contribution is -0.121. The van der Waals surface area contributed by atoms with E-state index in [0.29, 0.717) is 5.56 Å². The molecule has 1 heterocycles. The van der Waals surface area contributed by atoms with Gasteiger partial charge in [0.1, 0.15) is 5.54 Å². The third-order valence-electron chi connectivity index (χ3n) is 4.17. The Bertz CT molecular complexity index is 994. The summed E-state index contributed by atoms with van der Waals surface area (Å²) in [5.41, 5.74) is -0.717. The first kappa shape index (κ1) is 20.7. The minimum absolute atomic E-state index is 0.0126. The fourth-order valence-electron chi connectivity index (χ4n) is 2.97. The molecular formula is C18H13Cl2F3N2O2S. The number of halogens is 5. The van der Waals surface area contributed by atoms with Crippen LogP contribution >= 0.6 is 34.1 Å². The molecule has 0 spiro atoms. The number of carbonyl (C=O) groups is 2. The van der Waals surface area contributed by atoms with Gasteiger partial charge < -0.3 is 5.32 Å². The highest BCUT2D eigenvalue weighted by Crippen LogP contribution is 2.34. The minimum atomic E-state index is -2.80. The SMILES string of the molecule is CC1(Cc2cccc(S(F)=C(F)F)c2)NC(=O)N(c2cc(Cl)cc(Cl)c2)C1=O. The van der Waals surface area contributed by atoms with Crippen molar-refractivity contribution in [3.8, 4) is 0 Å². The van der Waals surface area contributed by atoms with E-state index in [9.17, 15) is 22.3 Å². The van der Waals surface area contributed by atoms with Crippen LogP contribution in [0, 0.1) is 0 Å². The summed E-state index contributed by atoms with van der Waals surface area (Å²) in [4.78, 5) is 26.1. The van der Waals surface area contributed by atoms with Crippen molar-refractivity contribution in [2.24, 2.45) is 0 Å². The predicted molar refractivity (Wildman–Crippen MR) is 105 cm³/mol.